The fraction of sp³-hybridized carbons (Fsp3) is 0.370. The van der Waals surface area contributed by atoms with Crippen LogP contribution in [0.1, 0.15) is 23.5 Å². The molecule has 2 saturated heterocycles. The Morgan fingerprint density at radius 1 is 1.07 bits per heavy atom. The molecule has 2 aliphatic rings. The third-order valence-electron chi connectivity index (χ3n) is 7.11. The largest absolute Gasteiger partial charge is 0.470 e. The topological polar surface area (TPSA) is 105 Å². The van der Waals surface area contributed by atoms with E-state index in [1.165, 1.54) is 12.1 Å². The Hall–Kier alpha value is -3.92. The number of halogens is 3. The molecule has 1 aromatic carbocycles. The lowest BCUT2D eigenvalue weighted by Crippen LogP contribution is -2.47. The van der Waals surface area contributed by atoms with E-state index in [-0.39, 0.29) is 29.2 Å². The van der Waals surface area contributed by atoms with Crippen molar-refractivity contribution in [2.75, 3.05) is 37.7 Å². The lowest BCUT2D eigenvalue weighted by atomic mass is 10.2. The zero-order valence-corrected chi connectivity index (χ0v) is 22.2. The highest BCUT2D eigenvalue weighted by Crippen LogP contribution is 2.24. The summed E-state index contributed by atoms with van der Waals surface area (Å²) in [6.07, 6.45) is 3.91. The van der Waals surface area contributed by atoms with Crippen LogP contribution in [0.15, 0.2) is 36.7 Å². The number of aromatic nitrogens is 5. The summed E-state index contributed by atoms with van der Waals surface area (Å²) in [6.45, 7) is 4.51. The van der Waals surface area contributed by atoms with E-state index < -0.39 is 11.6 Å². The van der Waals surface area contributed by atoms with Crippen molar-refractivity contribution in [2.24, 2.45) is 0 Å². The summed E-state index contributed by atoms with van der Waals surface area (Å²) in [5.41, 5.74) is 2.20. The first kappa shape index (κ1) is 26.3. The number of ether oxygens (including phenoxy) is 2. The molecule has 1 unspecified atom stereocenters. The number of benzene rings is 1. The van der Waals surface area contributed by atoms with Gasteiger partial charge < -0.3 is 18.9 Å². The van der Waals surface area contributed by atoms with Crippen LogP contribution in [0, 0.1) is 23.0 Å². The minimum atomic E-state index is -0.722. The maximum absolute atomic E-state index is 14.4. The number of anilines is 1. The van der Waals surface area contributed by atoms with E-state index in [0.717, 1.165) is 36.1 Å². The van der Waals surface area contributed by atoms with Crippen LogP contribution >= 0.6 is 11.6 Å². The van der Waals surface area contributed by atoms with Gasteiger partial charge in [0.05, 0.1) is 42.6 Å². The highest BCUT2D eigenvalue weighted by atomic mass is 35.5. The molecule has 13 heteroatoms. The van der Waals surface area contributed by atoms with Crippen LogP contribution in [-0.4, -0.2) is 68.3 Å². The van der Waals surface area contributed by atoms with Crippen molar-refractivity contribution in [3.8, 4) is 11.9 Å². The molecule has 1 atom stereocenters. The second-order valence-electron chi connectivity index (χ2n) is 9.70. The van der Waals surface area contributed by atoms with Crippen LogP contribution in [0.4, 0.5) is 14.7 Å². The monoisotopic (exact) mass is 566 g/mol. The zero-order valence-electron chi connectivity index (χ0n) is 21.4. The average molecular weight is 567 g/mol. The molecule has 0 radical (unpaired) electrons. The first-order valence-electron chi connectivity index (χ1n) is 12.9. The Labute approximate surface area is 233 Å². The SMILES string of the molecule is N#Cc1cc2nc(CN3CCN(c4ncc(F)c(OCc5ccc(Cl)cc5F)n4)CC3)n(CC3CCO3)c2cn1. The van der Waals surface area contributed by atoms with Gasteiger partial charge >= 0.3 is 0 Å². The second-order valence-corrected chi connectivity index (χ2v) is 10.1. The van der Waals surface area contributed by atoms with E-state index >= 15 is 0 Å². The number of pyridine rings is 1. The van der Waals surface area contributed by atoms with Crippen molar-refractivity contribution in [2.45, 2.75) is 32.2 Å². The Morgan fingerprint density at radius 2 is 1.90 bits per heavy atom. The summed E-state index contributed by atoms with van der Waals surface area (Å²) in [5.74, 6) is -0.260. The molecule has 5 heterocycles. The predicted octanol–water partition coefficient (Wildman–Crippen LogP) is 3.71. The molecule has 0 aliphatic carbocycles. The second kappa shape index (κ2) is 11.3. The number of hydrogen-bond donors (Lipinski definition) is 0. The van der Waals surface area contributed by atoms with Gasteiger partial charge in [0.25, 0.3) is 5.88 Å². The average Bonchev–Trinajstić information content (AvgIpc) is 3.27. The number of nitrogens with zero attached hydrogens (tertiary/aromatic N) is 8. The Kier molecular flexibility index (Phi) is 7.42. The normalized spacial score (nSPS) is 17.6. The van der Waals surface area contributed by atoms with Gasteiger partial charge in [0, 0.05) is 49.4 Å². The molecule has 4 aromatic rings. The molecule has 2 aliphatic heterocycles. The maximum atomic E-state index is 14.4. The standard InChI is InChI=1S/C27H25ClF2N8O2/c28-18-2-1-17(21(29)9-18)16-40-26-22(30)12-33-27(35-26)37-6-4-36(5-7-37)15-25-34-23-10-19(11-31)32-13-24(23)38(25)14-20-3-8-39-20/h1-2,9-10,12-13,20H,3-8,14-16H2. The van der Waals surface area contributed by atoms with Crippen molar-refractivity contribution < 1.29 is 18.3 Å². The first-order chi connectivity index (χ1) is 19.5. The molecule has 0 N–H and O–H groups in total. The maximum Gasteiger partial charge on any atom is 0.255 e. The van der Waals surface area contributed by atoms with Gasteiger partial charge in [-0.15, -0.1) is 0 Å². The summed E-state index contributed by atoms with van der Waals surface area (Å²) < 4.78 is 41.7. The van der Waals surface area contributed by atoms with Crippen LogP contribution in [0.3, 0.4) is 0 Å². The van der Waals surface area contributed by atoms with Gasteiger partial charge in [-0.2, -0.15) is 14.6 Å². The Balaban J connectivity index is 1.12. The van der Waals surface area contributed by atoms with Crippen molar-refractivity contribution >= 4 is 28.6 Å². The molecule has 0 spiro atoms. The minimum Gasteiger partial charge on any atom is -0.470 e. The number of imidazole rings is 1. The Morgan fingerprint density at radius 3 is 2.62 bits per heavy atom. The van der Waals surface area contributed by atoms with Crippen LogP contribution < -0.4 is 9.64 Å². The third-order valence-corrected chi connectivity index (χ3v) is 7.34. The number of fused-ring (bicyclic) bond motifs is 1. The lowest BCUT2D eigenvalue weighted by Gasteiger charge is -2.35. The first-order valence-corrected chi connectivity index (χ1v) is 13.3. The van der Waals surface area contributed by atoms with Crippen LogP contribution in [0.5, 0.6) is 5.88 Å². The van der Waals surface area contributed by atoms with Gasteiger partial charge in [-0.05, 0) is 18.6 Å². The van der Waals surface area contributed by atoms with Gasteiger partial charge in [0.1, 0.15) is 30.0 Å². The lowest BCUT2D eigenvalue weighted by molar-refractivity contribution is -0.0592. The highest BCUT2D eigenvalue weighted by molar-refractivity contribution is 6.30. The number of rotatable bonds is 8. The zero-order chi connectivity index (χ0) is 27.6. The fourth-order valence-electron chi connectivity index (χ4n) is 4.78. The molecule has 6 rings (SSSR count). The number of hydrogen-bond acceptors (Lipinski definition) is 9. The van der Waals surface area contributed by atoms with Gasteiger partial charge in [-0.1, -0.05) is 17.7 Å². The van der Waals surface area contributed by atoms with Crippen molar-refractivity contribution in [3.63, 3.8) is 0 Å². The molecule has 206 valence electrons. The Bertz CT molecular complexity index is 1580. The van der Waals surface area contributed by atoms with Gasteiger partial charge in [0.15, 0.2) is 0 Å². The van der Waals surface area contributed by atoms with E-state index in [2.05, 4.69) is 30.5 Å². The van der Waals surface area contributed by atoms with Crippen molar-refractivity contribution in [3.05, 3.63) is 70.4 Å². The molecule has 0 bridgehead atoms. The molecular weight excluding hydrogens is 542 g/mol. The van der Waals surface area contributed by atoms with Crippen LogP contribution in [0.2, 0.25) is 5.02 Å². The van der Waals surface area contributed by atoms with Crippen molar-refractivity contribution in [1.82, 2.24) is 29.4 Å². The summed E-state index contributed by atoms with van der Waals surface area (Å²) in [7, 11) is 0. The van der Waals surface area contributed by atoms with E-state index in [4.69, 9.17) is 26.1 Å². The molecular formula is C27H25ClF2N8O2. The smallest absolute Gasteiger partial charge is 0.255 e. The number of nitriles is 1. The summed E-state index contributed by atoms with van der Waals surface area (Å²) in [5, 5.41) is 9.51. The summed E-state index contributed by atoms with van der Waals surface area (Å²) >= 11 is 5.79. The van der Waals surface area contributed by atoms with E-state index in [1.807, 2.05) is 4.90 Å². The summed E-state index contributed by atoms with van der Waals surface area (Å²) in [6, 6.07) is 8.00. The van der Waals surface area contributed by atoms with Gasteiger partial charge in [-0.25, -0.2) is 19.3 Å². The van der Waals surface area contributed by atoms with E-state index in [9.17, 15) is 14.0 Å². The predicted molar refractivity (Wildman–Crippen MR) is 142 cm³/mol. The quantitative estimate of drug-likeness (QED) is 0.315. The van der Waals surface area contributed by atoms with E-state index in [1.54, 1.807) is 18.3 Å². The number of piperazine rings is 1. The minimum absolute atomic E-state index is 0.145. The molecule has 0 saturated carbocycles. The van der Waals surface area contributed by atoms with Gasteiger partial charge in [-0.3, -0.25) is 4.90 Å². The molecule has 10 nitrogen and oxygen atoms in total. The molecule has 0 amide bonds. The third kappa shape index (κ3) is 5.54. The van der Waals surface area contributed by atoms with Crippen LogP contribution in [0.25, 0.3) is 11.0 Å². The van der Waals surface area contributed by atoms with Crippen LogP contribution in [-0.2, 0) is 24.4 Å². The molecule has 40 heavy (non-hydrogen) atoms. The molecule has 2 fully saturated rings. The fourth-order valence-corrected chi connectivity index (χ4v) is 4.94. The summed E-state index contributed by atoms with van der Waals surface area (Å²) in [4.78, 5) is 21.7. The van der Waals surface area contributed by atoms with E-state index in [0.29, 0.717) is 50.9 Å². The van der Waals surface area contributed by atoms with Gasteiger partial charge in [0.2, 0.25) is 11.8 Å². The molecule has 3 aromatic heterocycles. The van der Waals surface area contributed by atoms with Crippen molar-refractivity contribution in [1.29, 1.82) is 5.26 Å². The highest BCUT2D eigenvalue weighted by Gasteiger charge is 2.25.